The van der Waals surface area contributed by atoms with Crippen LogP contribution in [0.1, 0.15) is 102 Å². The lowest BCUT2D eigenvalue weighted by Gasteiger charge is -2.26. The van der Waals surface area contributed by atoms with Gasteiger partial charge in [0.25, 0.3) is 0 Å². The zero-order valence-corrected chi connectivity index (χ0v) is 15.5. The third-order valence-electron chi connectivity index (χ3n) is 4.49. The Morgan fingerprint density at radius 3 is 1.62 bits per heavy atom. The molecule has 0 fully saturated rings. The van der Waals surface area contributed by atoms with E-state index in [0.717, 1.165) is 38.5 Å². The van der Waals surface area contributed by atoms with Crippen LogP contribution in [0.25, 0.3) is 0 Å². The zero-order valence-electron chi connectivity index (χ0n) is 15.5. The van der Waals surface area contributed by atoms with Gasteiger partial charge in [-0.3, -0.25) is 9.59 Å². The van der Waals surface area contributed by atoms with Crippen LogP contribution in [-0.2, 0) is 9.59 Å². The molecule has 4 heteroatoms. The number of hydrogen-bond donors (Lipinski definition) is 2. The molecule has 0 saturated carbocycles. The summed E-state index contributed by atoms with van der Waals surface area (Å²) in [4.78, 5) is 21.4. The molecule has 0 saturated heterocycles. The average Bonchev–Trinajstić information content (AvgIpc) is 2.39. The highest BCUT2D eigenvalue weighted by atomic mass is 16.4. The molecular weight excluding hydrogens is 304 g/mol. The van der Waals surface area contributed by atoms with E-state index in [-0.39, 0.29) is 20.8 Å². The lowest BCUT2D eigenvalue weighted by atomic mass is 9.78. The first-order valence-electron chi connectivity index (χ1n) is 8.40. The first-order chi connectivity index (χ1) is 9.93. The van der Waals surface area contributed by atoms with E-state index in [9.17, 15) is 9.59 Å². The van der Waals surface area contributed by atoms with Crippen molar-refractivity contribution in [2.45, 2.75) is 102 Å². The molecule has 0 radical (unpaired) electrons. The van der Waals surface area contributed by atoms with E-state index >= 15 is 0 Å². The third kappa shape index (κ3) is 12.4. The molecule has 1 atom stereocenters. The Kier molecular flexibility index (Phi) is 18.3. The van der Waals surface area contributed by atoms with Gasteiger partial charge in [0.15, 0.2) is 0 Å². The van der Waals surface area contributed by atoms with Crippen molar-refractivity contribution in [3.63, 3.8) is 0 Å². The third-order valence-corrected chi connectivity index (χ3v) is 4.49. The largest absolute Gasteiger partial charge is 0.481 e. The molecule has 0 aromatic carbocycles. The van der Waals surface area contributed by atoms with Crippen LogP contribution in [-0.4, -0.2) is 22.2 Å². The minimum absolute atomic E-state index is 0. The Labute approximate surface area is 151 Å². The van der Waals surface area contributed by atoms with E-state index in [4.69, 9.17) is 10.2 Å². The smallest absolute Gasteiger partial charge is 0.309 e. The summed E-state index contributed by atoms with van der Waals surface area (Å²) in [6.45, 7) is 13.3. The van der Waals surface area contributed by atoms with Crippen LogP contribution in [0.2, 0.25) is 0 Å². The summed E-state index contributed by atoms with van der Waals surface area (Å²) < 4.78 is 0. The summed E-state index contributed by atoms with van der Waals surface area (Å²) in [5.41, 5.74) is -1.11. The number of carboxylic acid groups (broad SMARTS) is 2. The molecule has 1 unspecified atom stereocenters. The van der Waals surface area contributed by atoms with Gasteiger partial charge in [-0.1, -0.05) is 61.3 Å². The first-order valence-corrected chi connectivity index (χ1v) is 8.40. The van der Waals surface area contributed by atoms with E-state index < -0.39 is 22.8 Å². The maximum Gasteiger partial charge on any atom is 0.309 e. The minimum Gasteiger partial charge on any atom is -0.481 e. The molecule has 0 amide bonds. The van der Waals surface area contributed by atoms with Crippen LogP contribution < -0.4 is 0 Å². The number of hydrogen-bond acceptors (Lipinski definition) is 2. The van der Waals surface area contributed by atoms with Crippen molar-refractivity contribution >= 4 is 11.9 Å². The summed E-state index contributed by atoms with van der Waals surface area (Å²) >= 11 is 0. The van der Waals surface area contributed by atoms with Crippen LogP contribution in [0.5, 0.6) is 0 Å². The highest BCUT2D eigenvalue weighted by molar-refractivity contribution is 5.74. The second-order valence-electron chi connectivity index (χ2n) is 7.36. The minimum atomic E-state index is -0.696. The predicted molar refractivity (Wildman–Crippen MR) is 105 cm³/mol. The Bertz CT molecular complexity index is 333. The molecule has 148 valence electrons. The molecule has 0 aromatic heterocycles. The molecule has 2 N–H and O–H groups in total. The van der Waals surface area contributed by atoms with Crippen molar-refractivity contribution < 1.29 is 19.8 Å². The second-order valence-corrected chi connectivity index (χ2v) is 7.36. The fraction of sp³-hybridized carbons (Fsp3) is 0.900. The summed E-state index contributed by atoms with van der Waals surface area (Å²) in [5.74, 6) is -1.13. The van der Waals surface area contributed by atoms with Crippen LogP contribution in [0.3, 0.4) is 0 Å². The number of rotatable bonds is 9. The topological polar surface area (TPSA) is 74.6 Å². The van der Waals surface area contributed by atoms with Crippen LogP contribution in [0.4, 0.5) is 0 Å². The fourth-order valence-electron chi connectivity index (χ4n) is 1.93. The van der Waals surface area contributed by atoms with E-state index in [1.54, 1.807) is 27.7 Å². The van der Waals surface area contributed by atoms with Gasteiger partial charge >= 0.3 is 11.9 Å². The van der Waals surface area contributed by atoms with Gasteiger partial charge in [-0.15, -0.1) is 0 Å². The van der Waals surface area contributed by atoms with Crippen molar-refractivity contribution in [3.05, 3.63) is 0 Å². The molecule has 24 heavy (non-hydrogen) atoms. The highest BCUT2D eigenvalue weighted by Gasteiger charge is 2.32. The normalized spacial score (nSPS) is 12.0. The number of carbonyl (C=O) groups is 2. The van der Waals surface area contributed by atoms with Gasteiger partial charge in [0.1, 0.15) is 0 Å². The Morgan fingerprint density at radius 2 is 1.33 bits per heavy atom. The fourth-order valence-corrected chi connectivity index (χ4v) is 1.93. The maximum absolute atomic E-state index is 10.7. The summed E-state index contributed by atoms with van der Waals surface area (Å²) in [5, 5.41) is 17.6. The van der Waals surface area contributed by atoms with Crippen LogP contribution in [0.15, 0.2) is 0 Å². The second kappa shape index (κ2) is 14.3. The standard InChI is InChI=1S/2C9H18O2.2CH4/c1-5-6-7(2)9(3,4)8(10)11;1-4-5-6-7-9(2,3)8(10)11;;/h7H,5-6H2,1-4H3,(H,10,11);4-7H2,1-3H3,(H,10,11);2*1H4. The average molecular weight is 349 g/mol. The molecule has 0 spiro atoms. The maximum atomic E-state index is 10.7. The molecular formula is C20H44O4. The summed E-state index contributed by atoms with van der Waals surface area (Å²) in [7, 11) is 0. The lowest BCUT2D eigenvalue weighted by molar-refractivity contribution is -0.150. The molecule has 0 aliphatic carbocycles. The van der Waals surface area contributed by atoms with Gasteiger partial charge in [0, 0.05) is 0 Å². The van der Waals surface area contributed by atoms with Gasteiger partial charge in [-0.2, -0.15) is 0 Å². The molecule has 0 aromatic rings. The first kappa shape index (κ1) is 30.8. The molecule has 4 nitrogen and oxygen atoms in total. The van der Waals surface area contributed by atoms with Crippen LogP contribution in [0, 0.1) is 16.7 Å². The van der Waals surface area contributed by atoms with Gasteiger partial charge in [0.2, 0.25) is 0 Å². The SMILES string of the molecule is C.C.CCCC(C)C(C)(C)C(=O)O.CCCCCC(C)(C)C(=O)O. The van der Waals surface area contributed by atoms with E-state index in [2.05, 4.69) is 13.8 Å². The van der Waals surface area contributed by atoms with E-state index in [1.165, 1.54) is 0 Å². The van der Waals surface area contributed by atoms with Gasteiger partial charge < -0.3 is 10.2 Å². The summed E-state index contributed by atoms with van der Waals surface area (Å²) in [6, 6.07) is 0. The monoisotopic (exact) mass is 348 g/mol. The van der Waals surface area contributed by atoms with Crippen molar-refractivity contribution in [2.75, 3.05) is 0 Å². The quantitative estimate of drug-likeness (QED) is 0.467. The molecule has 0 aliphatic rings. The number of aliphatic carboxylic acids is 2. The molecule has 0 heterocycles. The van der Waals surface area contributed by atoms with Gasteiger partial charge in [-0.05, 0) is 46.5 Å². The van der Waals surface area contributed by atoms with Gasteiger partial charge in [0.05, 0.1) is 10.8 Å². The lowest BCUT2D eigenvalue weighted by Crippen LogP contribution is -2.30. The van der Waals surface area contributed by atoms with Gasteiger partial charge in [-0.25, -0.2) is 0 Å². The van der Waals surface area contributed by atoms with Crippen molar-refractivity contribution in [1.82, 2.24) is 0 Å². The zero-order chi connectivity index (χ0) is 18.0. The summed E-state index contributed by atoms with van der Waals surface area (Å²) in [6.07, 6.45) is 6.13. The Hall–Kier alpha value is -1.06. The van der Waals surface area contributed by atoms with E-state index in [0.29, 0.717) is 0 Å². The molecule has 0 rings (SSSR count). The predicted octanol–water partition coefficient (Wildman–Crippen LogP) is 6.48. The number of unbranched alkanes of at least 4 members (excludes halogenated alkanes) is 2. The highest BCUT2D eigenvalue weighted by Crippen LogP contribution is 2.29. The van der Waals surface area contributed by atoms with Crippen molar-refractivity contribution in [2.24, 2.45) is 16.7 Å². The number of carboxylic acids is 2. The Balaban J connectivity index is -0.000000154. The Morgan fingerprint density at radius 1 is 0.875 bits per heavy atom. The molecule has 0 aliphatic heterocycles. The molecule has 0 bridgehead atoms. The van der Waals surface area contributed by atoms with Crippen LogP contribution >= 0.6 is 0 Å². The van der Waals surface area contributed by atoms with Crippen molar-refractivity contribution in [3.8, 4) is 0 Å². The van der Waals surface area contributed by atoms with E-state index in [1.807, 2.05) is 6.92 Å². The van der Waals surface area contributed by atoms with Crippen molar-refractivity contribution in [1.29, 1.82) is 0 Å².